The molecular weight excluding hydrogens is 213 g/mol. The first-order valence-electron chi connectivity index (χ1n) is 6.08. The first-order valence-corrected chi connectivity index (χ1v) is 6.08. The predicted molar refractivity (Wildman–Crippen MR) is 66.3 cm³/mol. The van der Waals surface area contributed by atoms with Crippen molar-refractivity contribution in [2.24, 2.45) is 0 Å². The third kappa shape index (κ3) is 2.07. The first-order chi connectivity index (χ1) is 8.33. The van der Waals surface area contributed by atoms with Crippen LogP contribution in [0.4, 0.5) is 4.39 Å². The third-order valence-corrected chi connectivity index (χ3v) is 3.32. The van der Waals surface area contributed by atoms with Crippen molar-refractivity contribution in [1.29, 1.82) is 0 Å². The Morgan fingerprint density at radius 1 is 0.882 bits per heavy atom. The van der Waals surface area contributed by atoms with Gasteiger partial charge in [-0.05, 0) is 61.6 Å². The fourth-order valence-electron chi connectivity index (χ4n) is 2.36. The number of aromatic nitrogens is 1. The molecule has 0 saturated carbocycles. The number of hydrogen-bond donors (Lipinski definition) is 0. The van der Waals surface area contributed by atoms with Crippen LogP contribution in [0.15, 0.2) is 36.4 Å². The van der Waals surface area contributed by atoms with Gasteiger partial charge in [0.25, 0.3) is 0 Å². The number of pyridine rings is 1. The van der Waals surface area contributed by atoms with Crippen LogP contribution in [0.25, 0.3) is 11.3 Å². The molecule has 1 aromatic heterocycles. The van der Waals surface area contributed by atoms with Crippen molar-refractivity contribution >= 4 is 0 Å². The molecule has 0 aliphatic heterocycles. The number of fused-ring (bicyclic) bond motifs is 1. The summed E-state index contributed by atoms with van der Waals surface area (Å²) in [6.07, 6.45) is 4.72. The Bertz CT molecular complexity index is 531. The van der Waals surface area contributed by atoms with E-state index in [4.69, 9.17) is 4.98 Å². The van der Waals surface area contributed by atoms with Crippen LogP contribution in [0, 0.1) is 5.82 Å². The number of halogens is 1. The lowest BCUT2D eigenvalue weighted by molar-refractivity contribution is 0.628. The standard InChI is InChI=1S/C15H14FN/c16-13-8-5-12(6-9-13)15-10-7-11-3-1-2-4-14(11)17-15/h5-10H,1-4H2. The van der Waals surface area contributed by atoms with E-state index in [1.165, 1.54) is 36.2 Å². The van der Waals surface area contributed by atoms with Crippen molar-refractivity contribution in [3.05, 3.63) is 53.5 Å². The molecule has 1 aliphatic rings. The normalized spacial score (nSPS) is 14.4. The SMILES string of the molecule is Fc1ccc(-c2ccc3c(n2)CCCC3)cc1. The van der Waals surface area contributed by atoms with Crippen LogP contribution in [-0.4, -0.2) is 4.98 Å². The van der Waals surface area contributed by atoms with Crippen molar-refractivity contribution in [2.75, 3.05) is 0 Å². The molecule has 0 radical (unpaired) electrons. The molecular formula is C15H14FN. The van der Waals surface area contributed by atoms with E-state index < -0.39 is 0 Å². The molecule has 86 valence electrons. The van der Waals surface area contributed by atoms with Gasteiger partial charge in [-0.1, -0.05) is 6.07 Å². The number of hydrogen-bond acceptors (Lipinski definition) is 1. The summed E-state index contributed by atoms with van der Waals surface area (Å²) >= 11 is 0. The van der Waals surface area contributed by atoms with E-state index in [1.807, 2.05) is 6.07 Å². The molecule has 1 aromatic carbocycles. The Labute approximate surface area is 100 Å². The molecule has 0 saturated heterocycles. The fraction of sp³-hybridized carbons (Fsp3) is 0.267. The van der Waals surface area contributed by atoms with Gasteiger partial charge in [-0.3, -0.25) is 4.98 Å². The minimum Gasteiger partial charge on any atom is -0.253 e. The summed E-state index contributed by atoms with van der Waals surface area (Å²) in [7, 11) is 0. The molecule has 1 heterocycles. The summed E-state index contributed by atoms with van der Waals surface area (Å²) in [5.74, 6) is -0.202. The zero-order chi connectivity index (χ0) is 11.7. The van der Waals surface area contributed by atoms with Gasteiger partial charge in [0, 0.05) is 11.3 Å². The molecule has 0 bridgehead atoms. The molecule has 2 heteroatoms. The summed E-state index contributed by atoms with van der Waals surface area (Å²) in [6.45, 7) is 0. The lowest BCUT2D eigenvalue weighted by Crippen LogP contribution is -2.05. The maximum Gasteiger partial charge on any atom is 0.123 e. The second-order valence-electron chi connectivity index (χ2n) is 4.52. The van der Waals surface area contributed by atoms with Crippen LogP contribution in [0.5, 0.6) is 0 Å². The van der Waals surface area contributed by atoms with E-state index in [9.17, 15) is 4.39 Å². The molecule has 0 atom stereocenters. The number of aryl methyl sites for hydroxylation is 2. The average Bonchev–Trinajstić information content (AvgIpc) is 2.39. The monoisotopic (exact) mass is 227 g/mol. The fourth-order valence-corrected chi connectivity index (χ4v) is 2.36. The number of benzene rings is 1. The smallest absolute Gasteiger partial charge is 0.123 e. The summed E-state index contributed by atoms with van der Waals surface area (Å²) in [6, 6.07) is 10.7. The van der Waals surface area contributed by atoms with Crippen molar-refractivity contribution in [1.82, 2.24) is 4.98 Å². The van der Waals surface area contributed by atoms with Crippen molar-refractivity contribution in [3.8, 4) is 11.3 Å². The molecule has 0 fully saturated rings. The highest BCUT2D eigenvalue weighted by molar-refractivity contribution is 5.59. The van der Waals surface area contributed by atoms with Crippen LogP contribution in [0.3, 0.4) is 0 Å². The van der Waals surface area contributed by atoms with Gasteiger partial charge in [0.15, 0.2) is 0 Å². The summed E-state index contributed by atoms with van der Waals surface area (Å²) in [5.41, 5.74) is 4.53. The first kappa shape index (κ1) is 10.5. The highest BCUT2D eigenvalue weighted by Crippen LogP contribution is 2.24. The lowest BCUT2D eigenvalue weighted by atomic mass is 9.95. The van der Waals surface area contributed by atoms with Gasteiger partial charge in [-0.25, -0.2) is 4.39 Å². The Kier molecular flexibility index (Phi) is 2.63. The van der Waals surface area contributed by atoms with Crippen molar-refractivity contribution in [3.63, 3.8) is 0 Å². The van der Waals surface area contributed by atoms with Crippen LogP contribution in [0.2, 0.25) is 0 Å². The highest BCUT2D eigenvalue weighted by Gasteiger charge is 2.11. The average molecular weight is 227 g/mol. The maximum absolute atomic E-state index is 12.9. The Morgan fingerprint density at radius 2 is 1.65 bits per heavy atom. The molecule has 0 unspecified atom stereocenters. The van der Waals surface area contributed by atoms with Gasteiger partial charge in [-0.15, -0.1) is 0 Å². The molecule has 1 nitrogen and oxygen atoms in total. The minimum atomic E-state index is -0.202. The second-order valence-corrected chi connectivity index (χ2v) is 4.52. The molecule has 17 heavy (non-hydrogen) atoms. The van der Waals surface area contributed by atoms with E-state index in [2.05, 4.69) is 6.07 Å². The van der Waals surface area contributed by atoms with Crippen LogP contribution in [-0.2, 0) is 12.8 Å². The highest BCUT2D eigenvalue weighted by atomic mass is 19.1. The minimum absolute atomic E-state index is 0.202. The second kappa shape index (κ2) is 4.28. The van der Waals surface area contributed by atoms with Gasteiger partial charge in [0.05, 0.1) is 5.69 Å². The number of nitrogens with zero attached hydrogens (tertiary/aromatic N) is 1. The van der Waals surface area contributed by atoms with E-state index in [0.717, 1.165) is 24.1 Å². The lowest BCUT2D eigenvalue weighted by Gasteiger charge is -2.15. The Morgan fingerprint density at radius 3 is 2.47 bits per heavy atom. The zero-order valence-corrected chi connectivity index (χ0v) is 9.62. The maximum atomic E-state index is 12.9. The summed E-state index contributed by atoms with van der Waals surface area (Å²) in [4.78, 5) is 4.69. The Balaban J connectivity index is 2.01. The topological polar surface area (TPSA) is 12.9 Å². The number of rotatable bonds is 1. The van der Waals surface area contributed by atoms with E-state index in [1.54, 1.807) is 12.1 Å². The van der Waals surface area contributed by atoms with Gasteiger partial charge in [0.1, 0.15) is 5.82 Å². The van der Waals surface area contributed by atoms with Crippen LogP contribution >= 0.6 is 0 Å². The van der Waals surface area contributed by atoms with Gasteiger partial charge >= 0.3 is 0 Å². The van der Waals surface area contributed by atoms with Crippen LogP contribution < -0.4 is 0 Å². The molecule has 0 spiro atoms. The van der Waals surface area contributed by atoms with E-state index in [0.29, 0.717) is 0 Å². The largest absolute Gasteiger partial charge is 0.253 e. The molecule has 0 amide bonds. The van der Waals surface area contributed by atoms with Gasteiger partial charge < -0.3 is 0 Å². The quantitative estimate of drug-likeness (QED) is 0.722. The third-order valence-electron chi connectivity index (χ3n) is 3.32. The summed E-state index contributed by atoms with van der Waals surface area (Å²) < 4.78 is 12.9. The zero-order valence-electron chi connectivity index (χ0n) is 9.62. The summed E-state index contributed by atoms with van der Waals surface area (Å²) in [5, 5.41) is 0. The Hall–Kier alpha value is -1.70. The molecule has 2 aromatic rings. The van der Waals surface area contributed by atoms with E-state index >= 15 is 0 Å². The van der Waals surface area contributed by atoms with Gasteiger partial charge in [0.2, 0.25) is 0 Å². The molecule has 0 N–H and O–H groups in total. The van der Waals surface area contributed by atoms with Crippen molar-refractivity contribution in [2.45, 2.75) is 25.7 Å². The predicted octanol–water partition coefficient (Wildman–Crippen LogP) is 3.77. The van der Waals surface area contributed by atoms with Crippen molar-refractivity contribution < 1.29 is 4.39 Å². The van der Waals surface area contributed by atoms with Gasteiger partial charge in [-0.2, -0.15) is 0 Å². The van der Waals surface area contributed by atoms with Crippen LogP contribution in [0.1, 0.15) is 24.1 Å². The molecule has 3 rings (SSSR count). The molecule has 1 aliphatic carbocycles. The van der Waals surface area contributed by atoms with E-state index in [-0.39, 0.29) is 5.82 Å².